The van der Waals surface area contributed by atoms with Crippen molar-refractivity contribution in [2.75, 3.05) is 12.3 Å². The van der Waals surface area contributed by atoms with Crippen LogP contribution in [-0.2, 0) is 11.3 Å². The maximum absolute atomic E-state index is 12.0. The maximum atomic E-state index is 12.0. The number of aryl methyl sites for hydroxylation is 1. The van der Waals surface area contributed by atoms with E-state index in [4.69, 9.17) is 5.73 Å². The highest BCUT2D eigenvalue weighted by Crippen LogP contribution is 2.16. The Morgan fingerprint density at radius 2 is 1.90 bits per heavy atom. The molecule has 0 atom stereocenters. The lowest BCUT2D eigenvalue weighted by Gasteiger charge is -2.16. The number of carbonyl (C=O) groups excluding carboxylic acids is 2. The van der Waals surface area contributed by atoms with Gasteiger partial charge in [-0.2, -0.15) is 0 Å². The summed E-state index contributed by atoms with van der Waals surface area (Å²) in [6, 6.07) is 2.55. The van der Waals surface area contributed by atoms with Gasteiger partial charge in [0.05, 0.1) is 0 Å². The minimum atomic E-state index is -0.856. The van der Waals surface area contributed by atoms with Gasteiger partial charge < -0.3 is 15.6 Å². The van der Waals surface area contributed by atoms with E-state index in [0.717, 1.165) is 0 Å². The molecule has 0 aromatic carbocycles. The van der Waals surface area contributed by atoms with Gasteiger partial charge >= 0.3 is 6.03 Å². The molecule has 1 aliphatic heterocycles. The third-order valence-corrected chi connectivity index (χ3v) is 3.23. The van der Waals surface area contributed by atoms with Crippen LogP contribution in [0.15, 0.2) is 23.1 Å². The van der Waals surface area contributed by atoms with E-state index in [1.165, 1.54) is 15.5 Å². The van der Waals surface area contributed by atoms with E-state index in [1.54, 1.807) is 26.1 Å². The molecule has 1 fully saturated rings. The van der Waals surface area contributed by atoms with E-state index in [0.29, 0.717) is 18.7 Å². The number of hydrogen-bond acceptors (Lipinski definition) is 4. The Hall–Kier alpha value is -2.31. The number of nitrogens with two attached hydrogens (primary N) is 1. The summed E-state index contributed by atoms with van der Waals surface area (Å²) in [7, 11) is 0. The van der Waals surface area contributed by atoms with E-state index in [9.17, 15) is 14.4 Å². The third kappa shape index (κ3) is 2.66. The second kappa shape index (κ2) is 4.99. The van der Waals surface area contributed by atoms with Crippen molar-refractivity contribution >= 4 is 17.6 Å². The summed E-state index contributed by atoms with van der Waals surface area (Å²) >= 11 is 0. The summed E-state index contributed by atoms with van der Waals surface area (Å²) in [5.74, 6) is -0.248. The molecule has 0 saturated carbocycles. The number of anilines is 1. The normalized spacial score (nSPS) is 17.4. The molecule has 1 aromatic rings. The third-order valence-electron chi connectivity index (χ3n) is 3.23. The number of hydrogen-bond donors (Lipinski definition) is 2. The lowest BCUT2D eigenvalue weighted by Crippen LogP contribution is -2.40. The van der Waals surface area contributed by atoms with Crippen LogP contribution >= 0.6 is 0 Å². The zero-order valence-corrected chi connectivity index (χ0v) is 11.5. The second-order valence-electron chi connectivity index (χ2n) is 5.36. The molecule has 1 aliphatic rings. The van der Waals surface area contributed by atoms with Gasteiger partial charge in [-0.3, -0.25) is 14.5 Å². The monoisotopic (exact) mass is 278 g/mol. The van der Waals surface area contributed by atoms with Crippen LogP contribution in [0.5, 0.6) is 0 Å². The fraction of sp³-hybridized carbons (Fsp3) is 0.462. The van der Waals surface area contributed by atoms with Crippen LogP contribution in [0, 0.1) is 0 Å². The van der Waals surface area contributed by atoms with Crippen molar-refractivity contribution in [3.8, 4) is 0 Å². The first-order valence-electron chi connectivity index (χ1n) is 6.41. The lowest BCUT2D eigenvalue weighted by molar-refractivity contribution is -0.130. The Labute approximate surface area is 116 Å². The van der Waals surface area contributed by atoms with Gasteiger partial charge in [0.2, 0.25) is 0 Å². The fourth-order valence-electron chi connectivity index (χ4n) is 2.14. The highest BCUT2D eigenvalue weighted by atomic mass is 16.2. The van der Waals surface area contributed by atoms with Gasteiger partial charge in [-0.25, -0.2) is 4.79 Å². The quantitative estimate of drug-likeness (QED) is 0.766. The number of aromatic nitrogens is 1. The number of rotatable bonds is 4. The number of urea groups is 1. The molecule has 0 unspecified atom stereocenters. The molecule has 0 aliphatic carbocycles. The molecular formula is C13H18N4O3. The molecule has 2 rings (SSSR count). The molecule has 7 nitrogen and oxygen atoms in total. The summed E-state index contributed by atoms with van der Waals surface area (Å²) in [6.45, 7) is 4.00. The highest BCUT2D eigenvalue weighted by Gasteiger charge is 2.43. The van der Waals surface area contributed by atoms with Gasteiger partial charge in [0.25, 0.3) is 11.5 Å². The summed E-state index contributed by atoms with van der Waals surface area (Å²) in [5.41, 5.74) is 5.10. The second-order valence-corrected chi connectivity index (χ2v) is 5.36. The maximum Gasteiger partial charge on any atom is 0.325 e. The number of nitrogen functional groups attached to an aromatic ring is 1. The van der Waals surface area contributed by atoms with Crippen LogP contribution in [0.25, 0.3) is 0 Å². The molecule has 1 aromatic heterocycles. The van der Waals surface area contributed by atoms with E-state index >= 15 is 0 Å². The summed E-state index contributed by atoms with van der Waals surface area (Å²) in [6.07, 6.45) is 2.05. The predicted octanol–water partition coefficient (Wildman–Crippen LogP) is 0.151. The van der Waals surface area contributed by atoms with E-state index in [-0.39, 0.29) is 24.0 Å². The smallest absolute Gasteiger partial charge is 0.325 e. The Morgan fingerprint density at radius 3 is 2.50 bits per heavy atom. The minimum absolute atomic E-state index is 0.156. The topological polar surface area (TPSA) is 97.4 Å². The molecule has 0 bridgehead atoms. The number of imide groups is 1. The van der Waals surface area contributed by atoms with Crippen LogP contribution in [0.3, 0.4) is 0 Å². The van der Waals surface area contributed by atoms with Gasteiger partial charge in [-0.1, -0.05) is 0 Å². The summed E-state index contributed by atoms with van der Waals surface area (Å²) in [4.78, 5) is 36.4. The number of carbonyl (C=O) groups is 2. The predicted molar refractivity (Wildman–Crippen MR) is 74.1 cm³/mol. The molecule has 108 valence electrons. The first-order chi connectivity index (χ1) is 9.31. The van der Waals surface area contributed by atoms with Crippen molar-refractivity contribution in [3.05, 3.63) is 28.7 Å². The van der Waals surface area contributed by atoms with Crippen molar-refractivity contribution in [2.24, 2.45) is 0 Å². The Bertz CT molecular complexity index is 606. The van der Waals surface area contributed by atoms with Gasteiger partial charge in [0.15, 0.2) is 0 Å². The highest BCUT2D eigenvalue weighted by molar-refractivity contribution is 6.06. The molecule has 0 radical (unpaired) electrons. The first kappa shape index (κ1) is 14.1. The number of nitrogens with zero attached hydrogens (tertiary/aromatic N) is 2. The molecule has 0 spiro atoms. The SMILES string of the molecule is CC1(C)NC(=O)N(CCCn2cc(N)ccc2=O)C1=O. The molecule has 7 heteroatoms. The molecule has 2 heterocycles. The van der Waals surface area contributed by atoms with Crippen LogP contribution in [0.4, 0.5) is 10.5 Å². The zero-order valence-electron chi connectivity index (χ0n) is 11.5. The Balaban J connectivity index is 1.97. The molecular weight excluding hydrogens is 260 g/mol. The van der Waals surface area contributed by atoms with Gasteiger partial charge in [-0.15, -0.1) is 0 Å². The first-order valence-corrected chi connectivity index (χ1v) is 6.41. The van der Waals surface area contributed by atoms with Gasteiger partial charge in [0.1, 0.15) is 5.54 Å². The van der Waals surface area contributed by atoms with Crippen LogP contribution in [-0.4, -0.2) is 33.5 Å². The van der Waals surface area contributed by atoms with Crippen molar-refractivity contribution in [1.82, 2.24) is 14.8 Å². The van der Waals surface area contributed by atoms with Crippen molar-refractivity contribution in [3.63, 3.8) is 0 Å². The Kier molecular flexibility index (Phi) is 3.52. The van der Waals surface area contributed by atoms with Gasteiger partial charge in [0, 0.05) is 31.0 Å². The van der Waals surface area contributed by atoms with Crippen LogP contribution in [0.2, 0.25) is 0 Å². The molecule has 3 amide bonds. The largest absolute Gasteiger partial charge is 0.398 e. The average Bonchev–Trinajstić information content (AvgIpc) is 2.55. The number of amides is 3. The molecule has 1 saturated heterocycles. The summed E-state index contributed by atoms with van der Waals surface area (Å²) in [5, 5.41) is 2.61. The van der Waals surface area contributed by atoms with Crippen molar-refractivity contribution in [2.45, 2.75) is 32.4 Å². The molecule has 20 heavy (non-hydrogen) atoms. The molecule has 3 N–H and O–H groups in total. The van der Waals surface area contributed by atoms with Gasteiger partial charge in [-0.05, 0) is 26.3 Å². The Morgan fingerprint density at radius 1 is 1.20 bits per heavy atom. The number of nitrogens with one attached hydrogen (secondary N) is 1. The average molecular weight is 278 g/mol. The van der Waals surface area contributed by atoms with E-state index in [1.807, 2.05) is 0 Å². The van der Waals surface area contributed by atoms with Crippen molar-refractivity contribution < 1.29 is 9.59 Å². The minimum Gasteiger partial charge on any atom is -0.398 e. The standard InChI is InChI=1S/C13H18N4O3/c1-13(2)11(19)17(12(20)15-13)7-3-6-16-8-9(14)4-5-10(16)18/h4-5,8H,3,6-7,14H2,1-2H3,(H,15,20). The number of pyridine rings is 1. The zero-order chi connectivity index (χ0) is 14.9. The van der Waals surface area contributed by atoms with Crippen LogP contribution in [0.1, 0.15) is 20.3 Å². The van der Waals surface area contributed by atoms with E-state index in [2.05, 4.69) is 5.32 Å². The van der Waals surface area contributed by atoms with Crippen molar-refractivity contribution in [1.29, 1.82) is 0 Å². The fourth-order valence-corrected chi connectivity index (χ4v) is 2.14. The summed E-state index contributed by atoms with van der Waals surface area (Å²) < 4.78 is 1.47. The lowest BCUT2D eigenvalue weighted by atomic mass is 10.1. The van der Waals surface area contributed by atoms with E-state index < -0.39 is 5.54 Å². The van der Waals surface area contributed by atoms with Crippen LogP contribution < -0.4 is 16.6 Å².